The lowest BCUT2D eigenvalue weighted by Gasteiger charge is -2.20. The first-order valence-corrected chi connectivity index (χ1v) is 3.99. The molecular formula is C8H10F2N2O2. The number of rotatable bonds is 3. The fraction of sp³-hybridized carbons (Fsp3) is 0.500. The Hall–Kier alpha value is -1.30. The van der Waals surface area contributed by atoms with Crippen LogP contribution in [0.1, 0.15) is 6.92 Å². The van der Waals surface area contributed by atoms with E-state index in [1.807, 2.05) is 0 Å². The first-order chi connectivity index (χ1) is 6.37. The Morgan fingerprint density at radius 3 is 2.43 bits per heavy atom. The molecule has 1 heterocycles. The summed E-state index contributed by atoms with van der Waals surface area (Å²) in [7, 11) is 0. The first kappa shape index (κ1) is 10.8. The molecule has 0 saturated heterocycles. The second-order valence-corrected chi connectivity index (χ2v) is 3.12. The molecular weight excluding hydrogens is 194 g/mol. The van der Waals surface area contributed by atoms with Crippen LogP contribution >= 0.6 is 0 Å². The normalized spacial score (nSPS) is 17.7. The zero-order valence-corrected chi connectivity index (χ0v) is 7.59. The van der Waals surface area contributed by atoms with Gasteiger partial charge < -0.3 is 5.73 Å². The van der Waals surface area contributed by atoms with Crippen LogP contribution < -0.4 is 5.73 Å². The van der Waals surface area contributed by atoms with Gasteiger partial charge in [0.1, 0.15) is 0 Å². The van der Waals surface area contributed by atoms with Gasteiger partial charge in [-0.1, -0.05) is 0 Å². The molecule has 0 unspecified atom stereocenters. The molecule has 0 aliphatic carbocycles. The largest absolute Gasteiger partial charge is 0.325 e. The molecule has 0 aromatic heterocycles. The number of alkyl halides is 2. The van der Waals surface area contributed by atoms with Gasteiger partial charge in [-0.05, 0) is 6.92 Å². The summed E-state index contributed by atoms with van der Waals surface area (Å²) in [5.41, 5.74) is 4.96. The van der Waals surface area contributed by atoms with E-state index in [0.29, 0.717) is 4.90 Å². The number of carbonyl (C=O) groups is 2. The quantitative estimate of drug-likeness (QED) is 0.653. The Kier molecular flexibility index (Phi) is 2.66. The molecule has 2 amide bonds. The van der Waals surface area contributed by atoms with E-state index in [1.54, 1.807) is 0 Å². The zero-order valence-electron chi connectivity index (χ0n) is 7.59. The van der Waals surface area contributed by atoms with Crippen LogP contribution in [0.2, 0.25) is 0 Å². The number of hydrogen-bond acceptors (Lipinski definition) is 3. The van der Waals surface area contributed by atoms with Crippen LogP contribution in [0.25, 0.3) is 0 Å². The molecule has 0 aromatic rings. The number of nitrogens with two attached hydrogens (primary N) is 1. The molecule has 0 fully saturated rings. The molecule has 1 aliphatic rings. The second kappa shape index (κ2) is 3.45. The Labute approximate surface area is 79.4 Å². The highest BCUT2D eigenvalue weighted by molar-refractivity contribution is 6.15. The Bertz CT molecular complexity index is 312. The van der Waals surface area contributed by atoms with Crippen LogP contribution in [-0.2, 0) is 9.59 Å². The van der Waals surface area contributed by atoms with Crippen LogP contribution in [0.15, 0.2) is 11.6 Å². The van der Waals surface area contributed by atoms with Gasteiger partial charge in [-0.25, -0.2) is 8.78 Å². The number of nitrogens with zero attached hydrogens (tertiary/aromatic N) is 1. The lowest BCUT2D eigenvalue weighted by atomic mass is 10.3. The van der Waals surface area contributed by atoms with Gasteiger partial charge in [0, 0.05) is 11.6 Å². The van der Waals surface area contributed by atoms with Crippen molar-refractivity contribution < 1.29 is 18.4 Å². The van der Waals surface area contributed by atoms with Crippen LogP contribution in [-0.4, -0.2) is 35.7 Å². The number of halogens is 2. The minimum atomic E-state index is -3.22. The van der Waals surface area contributed by atoms with Crippen molar-refractivity contribution in [2.24, 2.45) is 5.73 Å². The van der Waals surface area contributed by atoms with Gasteiger partial charge in [-0.3, -0.25) is 14.5 Å². The minimum Gasteiger partial charge on any atom is -0.325 e. The highest BCUT2D eigenvalue weighted by Gasteiger charge is 2.37. The lowest BCUT2D eigenvalue weighted by Crippen LogP contribution is -2.44. The van der Waals surface area contributed by atoms with Crippen molar-refractivity contribution in [2.45, 2.75) is 12.8 Å². The van der Waals surface area contributed by atoms with E-state index in [2.05, 4.69) is 0 Å². The van der Waals surface area contributed by atoms with Crippen molar-refractivity contribution in [3.63, 3.8) is 0 Å². The maximum Gasteiger partial charge on any atom is 0.277 e. The number of carbonyl (C=O) groups excluding carboxylic acids is 2. The molecule has 78 valence electrons. The van der Waals surface area contributed by atoms with E-state index in [1.165, 1.54) is 6.92 Å². The van der Waals surface area contributed by atoms with Crippen molar-refractivity contribution >= 4 is 11.8 Å². The molecule has 1 aliphatic heterocycles. The number of amides is 2. The lowest BCUT2D eigenvalue weighted by molar-refractivity contribution is -0.142. The predicted molar refractivity (Wildman–Crippen MR) is 44.5 cm³/mol. The summed E-state index contributed by atoms with van der Waals surface area (Å²) in [6.45, 7) is -0.432. The van der Waals surface area contributed by atoms with Gasteiger partial charge in [-0.2, -0.15) is 0 Å². The van der Waals surface area contributed by atoms with Crippen molar-refractivity contribution in [3.05, 3.63) is 11.6 Å². The topological polar surface area (TPSA) is 63.4 Å². The van der Waals surface area contributed by atoms with Crippen LogP contribution in [0, 0.1) is 0 Å². The first-order valence-electron chi connectivity index (χ1n) is 3.99. The Morgan fingerprint density at radius 1 is 1.50 bits per heavy atom. The summed E-state index contributed by atoms with van der Waals surface area (Å²) in [4.78, 5) is 22.7. The fourth-order valence-corrected chi connectivity index (χ4v) is 1.08. The van der Waals surface area contributed by atoms with Gasteiger partial charge in [0.15, 0.2) is 0 Å². The molecule has 4 nitrogen and oxygen atoms in total. The zero-order chi connectivity index (χ0) is 10.9. The predicted octanol–water partition coefficient (Wildman–Crippen LogP) is -0.104. The Balaban J connectivity index is 2.74. The third-order valence-corrected chi connectivity index (χ3v) is 1.88. The smallest absolute Gasteiger partial charge is 0.277 e. The van der Waals surface area contributed by atoms with E-state index in [9.17, 15) is 18.4 Å². The molecule has 0 radical (unpaired) electrons. The SMILES string of the molecule is CC1=CC(=O)N(CC(F)(F)CN)C1=O. The fourth-order valence-electron chi connectivity index (χ4n) is 1.08. The van der Waals surface area contributed by atoms with Crippen molar-refractivity contribution in [2.75, 3.05) is 13.1 Å². The van der Waals surface area contributed by atoms with Gasteiger partial charge in [0.05, 0.1) is 13.1 Å². The molecule has 0 spiro atoms. The van der Waals surface area contributed by atoms with Gasteiger partial charge >= 0.3 is 0 Å². The van der Waals surface area contributed by atoms with Crippen LogP contribution in [0.3, 0.4) is 0 Å². The summed E-state index contributed by atoms with van der Waals surface area (Å²) in [6.07, 6.45) is 1.04. The molecule has 6 heteroatoms. The summed E-state index contributed by atoms with van der Waals surface area (Å²) in [6, 6.07) is 0. The molecule has 0 aromatic carbocycles. The third-order valence-electron chi connectivity index (χ3n) is 1.88. The number of imide groups is 1. The maximum absolute atomic E-state index is 12.8. The highest BCUT2D eigenvalue weighted by atomic mass is 19.3. The molecule has 2 N–H and O–H groups in total. The minimum absolute atomic E-state index is 0.169. The van der Waals surface area contributed by atoms with Crippen LogP contribution in [0.5, 0.6) is 0 Å². The van der Waals surface area contributed by atoms with Crippen LogP contribution in [0.4, 0.5) is 8.78 Å². The van der Waals surface area contributed by atoms with Crippen molar-refractivity contribution in [1.82, 2.24) is 4.90 Å². The second-order valence-electron chi connectivity index (χ2n) is 3.12. The Morgan fingerprint density at radius 2 is 2.07 bits per heavy atom. The van der Waals surface area contributed by atoms with E-state index in [-0.39, 0.29) is 5.57 Å². The molecule has 0 atom stereocenters. The van der Waals surface area contributed by atoms with Gasteiger partial charge in [-0.15, -0.1) is 0 Å². The van der Waals surface area contributed by atoms with E-state index < -0.39 is 30.8 Å². The monoisotopic (exact) mass is 204 g/mol. The summed E-state index contributed by atoms with van der Waals surface area (Å²) in [5, 5.41) is 0. The third kappa shape index (κ3) is 1.95. The molecule has 0 bridgehead atoms. The van der Waals surface area contributed by atoms with Gasteiger partial charge in [0.25, 0.3) is 17.7 Å². The van der Waals surface area contributed by atoms with E-state index in [4.69, 9.17) is 5.73 Å². The summed E-state index contributed by atoms with van der Waals surface area (Å²) in [5.74, 6) is -4.60. The molecule has 1 rings (SSSR count). The average molecular weight is 204 g/mol. The standard InChI is InChI=1S/C8H10F2N2O2/c1-5-2-6(13)12(7(5)14)4-8(9,10)3-11/h2H,3-4,11H2,1H3. The average Bonchev–Trinajstić information content (AvgIpc) is 2.32. The van der Waals surface area contributed by atoms with Crippen molar-refractivity contribution in [3.8, 4) is 0 Å². The number of hydrogen-bond donors (Lipinski definition) is 1. The summed E-state index contributed by atoms with van der Waals surface area (Å²) < 4.78 is 25.6. The van der Waals surface area contributed by atoms with E-state index >= 15 is 0 Å². The maximum atomic E-state index is 12.8. The summed E-state index contributed by atoms with van der Waals surface area (Å²) >= 11 is 0. The van der Waals surface area contributed by atoms with E-state index in [0.717, 1.165) is 6.08 Å². The highest BCUT2D eigenvalue weighted by Crippen LogP contribution is 2.19. The molecule has 14 heavy (non-hydrogen) atoms. The van der Waals surface area contributed by atoms with Crippen molar-refractivity contribution in [1.29, 1.82) is 0 Å². The van der Waals surface area contributed by atoms with Gasteiger partial charge in [0.2, 0.25) is 0 Å². The molecule has 0 saturated carbocycles.